The lowest BCUT2D eigenvalue weighted by Gasteiger charge is -2.09. The molecule has 3 nitrogen and oxygen atoms in total. The van der Waals surface area contributed by atoms with Crippen LogP contribution < -0.4 is 0 Å². The number of benzene rings is 1. The van der Waals surface area contributed by atoms with Crippen LogP contribution in [0.25, 0.3) is 0 Å². The van der Waals surface area contributed by atoms with Gasteiger partial charge >= 0.3 is 0 Å². The Bertz CT molecular complexity index is 485. The molecule has 0 aliphatic rings. The molecule has 2 rings (SSSR count). The zero-order valence-electron chi connectivity index (χ0n) is 10.5. The summed E-state index contributed by atoms with van der Waals surface area (Å²) in [6.45, 7) is 3.27. The van der Waals surface area contributed by atoms with Crippen LogP contribution in [0.2, 0.25) is 0 Å². The average Bonchev–Trinajstić information content (AvgIpc) is 2.79. The molecule has 0 amide bonds. The largest absolute Gasteiger partial charge is 0.361 e. The van der Waals surface area contributed by atoms with Crippen molar-refractivity contribution in [2.75, 3.05) is 12.9 Å². The van der Waals surface area contributed by atoms with Gasteiger partial charge in [0.05, 0.1) is 11.2 Å². The fourth-order valence-corrected chi connectivity index (χ4v) is 2.93. The number of nitrogens with zero attached hydrogens (tertiary/aromatic N) is 2. The molecule has 96 valence electrons. The minimum absolute atomic E-state index is 0.557. The molecule has 0 radical (unpaired) electrons. The predicted octanol–water partition coefficient (Wildman–Crippen LogP) is 3.75. The summed E-state index contributed by atoms with van der Waals surface area (Å²) >= 11 is 3.34. The quantitative estimate of drug-likeness (QED) is 0.753. The van der Waals surface area contributed by atoms with E-state index in [1.807, 2.05) is 31.3 Å². The van der Waals surface area contributed by atoms with E-state index in [0.717, 1.165) is 10.2 Å². The maximum atomic E-state index is 5.50. The average molecular weight is 280 g/mol. The van der Waals surface area contributed by atoms with Gasteiger partial charge in [-0.2, -0.15) is 0 Å². The topological polar surface area (TPSA) is 27.1 Å². The zero-order chi connectivity index (χ0) is 12.8. The van der Waals surface area contributed by atoms with Crippen molar-refractivity contribution >= 4 is 23.5 Å². The van der Waals surface area contributed by atoms with Crippen LogP contribution in [-0.4, -0.2) is 22.4 Å². The number of imidazole rings is 1. The fraction of sp³-hybridized carbons (Fsp3) is 0.308. The number of ether oxygens (including phenoxy) is 1. The third-order valence-electron chi connectivity index (χ3n) is 2.37. The van der Waals surface area contributed by atoms with Gasteiger partial charge < -0.3 is 4.74 Å². The first-order valence-electron chi connectivity index (χ1n) is 5.75. The molecule has 1 aromatic carbocycles. The summed E-state index contributed by atoms with van der Waals surface area (Å²) in [5.74, 6) is 0. The molecular formula is C13H16N2OS2. The molecule has 0 aliphatic heterocycles. The van der Waals surface area contributed by atoms with Crippen LogP contribution in [-0.2, 0) is 11.5 Å². The van der Waals surface area contributed by atoms with Crippen LogP contribution in [0.1, 0.15) is 6.92 Å². The predicted molar refractivity (Wildman–Crippen MR) is 76.2 cm³/mol. The zero-order valence-corrected chi connectivity index (χ0v) is 12.1. The standard InChI is InChI=1S/C13H16N2OS2/c1-3-16-10-15-12(17-2)9-14-13(15)18-11-7-5-4-6-8-11/h4-9H,3,10H2,1-2H3. The number of thioether (sulfide) groups is 1. The summed E-state index contributed by atoms with van der Waals surface area (Å²) in [6.07, 6.45) is 3.95. The fourth-order valence-electron chi connectivity index (χ4n) is 1.48. The number of aromatic nitrogens is 2. The second-order valence-electron chi connectivity index (χ2n) is 3.55. The van der Waals surface area contributed by atoms with Crippen molar-refractivity contribution < 1.29 is 4.74 Å². The highest BCUT2D eigenvalue weighted by molar-refractivity contribution is 7.99. The van der Waals surface area contributed by atoms with Crippen molar-refractivity contribution in [2.24, 2.45) is 0 Å². The Kier molecular flexibility index (Phi) is 5.16. The van der Waals surface area contributed by atoms with Gasteiger partial charge in [0.2, 0.25) is 0 Å². The Balaban J connectivity index is 2.19. The Hall–Kier alpha value is -0.910. The molecule has 0 bridgehead atoms. The van der Waals surface area contributed by atoms with Gasteiger partial charge in [0, 0.05) is 11.5 Å². The smallest absolute Gasteiger partial charge is 0.175 e. The lowest BCUT2D eigenvalue weighted by molar-refractivity contribution is 0.0764. The maximum Gasteiger partial charge on any atom is 0.175 e. The molecule has 0 saturated carbocycles. The Morgan fingerprint density at radius 3 is 2.72 bits per heavy atom. The van der Waals surface area contributed by atoms with Crippen LogP contribution in [0.4, 0.5) is 0 Å². The van der Waals surface area contributed by atoms with Crippen LogP contribution in [0.5, 0.6) is 0 Å². The minimum atomic E-state index is 0.557. The highest BCUT2D eigenvalue weighted by atomic mass is 32.2. The monoisotopic (exact) mass is 280 g/mol. The van der Waals surface area contributed by atoms with Crippen molar-refractivity contribution in [2.45, 2.75) is 28.7 Å². The van der Waals surface area contributed by atoms with Gasteiger partial charge in [0.1, 0.15) is 6.73 Å². The van der Waals surface area contributed by atoms with Crippen molar-refractivity contribution in [3.05, 3.63) is 36.5 Å². The van der Waals surface area contributed by atoms with E-state index in [0.29, 0.717) is 13.3 Å². The minimum Gasteiger partial charge on any atom is -0.361 e. The second kappa shape index (κ2) is 6.87. The first-order valence-corrected chi connectivity index (χ1v) is 7.79. The van der Waals surface area contributed by atoms with Crippen LogP contribution >= 0.6 is 23.5 Å². The Labute approximate surface area is 116 Å². The van der Waals surface area contributed by atoms with E-state index in [1.165, 1.54) is 4.90 Å². The Morgan fingerprint density at radius 1 is 1.28 bits per heavy atom. The van der Waals surface area contributed by atoms with Crippen LogP contribution in [0, 0.1) is 0 Å². The summed E-state index contributed by atoms with van der Waals surface area (Å²) in [6, 6.07) is 10.3. The SMILES string of the molecule is CCOCn1c(SC)cnc1Sc1ccccc1. The molecule has 2 aromatic rings. The van der Waals surface area contributed by atoms with Crippen molar-refractivity contribution in [3.63, 3.8) is 0 Å². The molecule has 5 heteroatoms. The first-order chi connectivity index (χ1) is 8.85. The van der Waals surface area contributed by atoms with Gasteiger partial charge in [0.15, 0.2) is 5.16 Å². The summed E-state index contributed by atoms with van der Waals surface area (Å²) in [7, 11) is 0. The molecular weight excluding hydrogens is 264 g/mol. The maximum absolute atomic E-state index is 5.50. The van der Waals surface area contributed by atoms with E-state index < -0.39 is 0 Å². The summed E-state index contributed by atoms with van der Waals surface area (Å²) < 4.78 is 7.60. The lowest BCUT2D eigenvalue weighted by atomic mass is 10.4. The highest BCUT2D eigenvalue weighted by Gasteiger charge is 2.10. The molecule has 0 atom stereocenters. The molecule has 0 fully saturated rings. The number of hydrogen-bond donors (Lipinski definition) is 0. The summed E-state index contributed by atoms with van der Waals surface area (Å²) in [5, 5.41) is 2.10. The third kappa shape index (κ3) is 3.31. The van der Waals surface area contributed by atoms with Crippen LogP contribution in [0.15, 0.2) is 51.6 Å². The van der Waals surface area contributed by atoms with Gasteiger partial charge in [-0.1, -0.05) is 30.0 Å². The molecule has 1 heterocycles. The lowest BCUT2D eigenvalue weighted by Crippen LogP contribution is -2.04. The molecule has 18 heavy (non-hydrogen) atoms. The Morgan fingerprint density at radius 2 is 2.06 bits per heavy atom. The molecule has 0 aliphatic carbocycles. The van der Waals surface area contributed by atoms with Crippen molar-refractivity contribution in [3.8, 4) is 0 Å². The van der Waals surface area contributed by atoms with Crippen LogP contribution in [0.3, 0.4) is 0 Å². The van der Waals surface area contributed by atoms with Crippen molar-refractivity contribution in [1.82, 2.24) is 9.55 Å². The van der Waals surface area contributed by atoms with E-state index in [2.05, 4.69) is 27.9 Å². The van der Waals surface area contributed by atoms with E-state index >= 15 is 0 Å². The van der Waals surface area contributed by atoms with Gasteiger partial charge in [-0.3, -0.25) is 4.57 Å². The van der Waals surface area contributed by atoms with E-state index in [-0.39, 0.29) is 0 Å². The van der Waals surface area contributed by atoms with Gasteiger partial charge in [-0.15, -0.1) is 11.8 Å². The highest BCUT2D eigenvalue weighted by Crippen LogP contribution is 2.29. The normalized spacial score (nSPS) is 10.8. The second-order valence-corrected chi connectivity index (χ2v) is 5.42. The number of hydrogen-bond acceptors (Lipinski definition) is 4. The molecule has 0 unspecified atom stereocenters. The number of rotatable bonds is 6. The third-order valence-corrected chi connectivity index (χ3v) is 4.13. The molecule has 0 spiro atoms. The molecule has 0 N–H and O–H groups in total. The van der Waals surface area contributed by atoms with Gasteiger partial charge in [-0.25, -0.2) is 4.98 Å². The van der Waals surface area contributed by atoms with Crippen molar-refractivity contribution in [1.29, 1.82) is 0 Å². The van der Waals surface area contributed by atoms with E-state index in [1.54, 1.807) is 23.5 Å². The summed E-state index contributed by atoms with van der Waals surface area (Å²) in [4.78, 5) is 5.65. The van der Waals surface area contributed by atoms with Gasteiger partial charge in [-0.05, 0) is 25.3 Å². The first kappa shape index (κ1) is 13.5. The van der Waals surface area contributed by atoms with E-state index in [4.69, 9.17) is 4.74 Å². The summed E-state index contributed by atoms with van der Waals surface area (Å²) in [5.41, 5.74) is 0. The van der Waals surface area contributed by atoms with Gasteiger partial charge in [0.25, 0.3) is 0 Å². The molecule has 0 saturated heterocycles. The van der Waals surface area contributed by atoms with E-state index in [9.17, 15) is 0 Å². The molecule has 1 aromatic heterocycles.